The minimum Gasteiger partial charge on any atom is -0.386 e. The van der Waals surface area contributed by atoms with E-state index in [1.807, 2.05) is 46.7 Å². The highest BCUT2D eigenvalue weighted by molar-refractivity contribution is 7.99. The summed E-state index contributed by atoms with van der Waals surface area (Å²) in [6.07, 6.45) is -0.441. The van der Waals surface area contributed by atoms with Crippen molar-refractivity contribution in [3.05, 3.63) is 52.2 Å². The number of aliphatic hydroxyl groups is 1. The second-order valence-corrected chi connectivity index (χ2v) is 8.34. The Hall–Kier alpha value is -1.34. The highest BCUT2D eigenvalue weighted by atomic mass is 32.2. The van der Waals surface area contributed by atoms with E-state index in [1.54, 1.807) is 23.1 Å². The number of thiophene rings is 1. The van der Waals surface area contributed by atoms with Crippen LogP contribution in [-0.2, 0) is 0 Å². The van der Waals surface area contributed by atoms with Crippen LogP contribution >= 0.6 is 23.1 Å². The van der Waals surface area contributed by atoms with Crippen molar-refractivity contribution in [2.75, 3.05) is 38.5 Å². The van der Waals surface area contributed by atoms with Gasteiger partial charge in [0.2, 0.25) is 0 Å². The molecule has 2 heterocycles. The molecule has 0 unspecified atom stereocenters. The first-order valence-electron chi connectivity index (χ1n) is 8.64. The summed E-state index contributed by atoms with van der Waals surface area (Å²) in [5, 5.41) is 12.3. The molecule has 0 radical (unpaired) electrons. The summed E-state index contributed by atoms with van der Waals surface area (Å²) >= 11 is 3.30. The second-order valence-electron chi connectivity index (χ2n) is 6.05. The predicted octanol–water partition coefficient (Wildman–Crippen LogP) is 3.35. The molecule has 1 aromatic carbocycles. The Morgan fingerprint density at radius 1 is 1.20 bits per heavy atom. The summed E-state index contributed by atoms with van der Waals surface area (Å²) in [4.78, 5) is 19.1. The molecule has 1 aliphatic rings. The van der Waals surface area contributed by atoms with Crippen LogP contribution in [0.5, 0.6) is 0 Å². The van der Waals surface area contributed by atoms with Crippen LogP contribution in [0.15, 0.2) is 46.7 Å². The summed E-state index contributed by atoms with van der Waals surface area (Å²) < 4.78 is 0. The number of piperazine rings is 1. The van der Waals surface area contributed by atoms with Crippen molar-refractivity contribution in [3.63, 3.8) is 0 Å². The van der Waals surface area contributed by atoms with Gasteiger partial charge < -0.3 is 10.0 Å². The summed E-state index contributed by atoms with van der Waals surface area (Å²) in [6, 6.07) is 11.8. The van der Waals surface area contributed by atoms with Crippen molar-refractivity contribution < 1.29 is 9.90 Å². The van der Waals surface area contributed by atoms with Crippen LogP contribution in [0.25, 0.3) is 0 Å². The molecule has 1 atom stereocenters. The highest BCUT2D eigenvalue weighted by Crippen LogP contribution is 2.24. The number of nitrogens with zero attached hydrogens (tertiary/aromatic N) is 2. The second kappa shape index (κ2) is 8.85. The number of rotatable bonds is 6. The van der Waals surface area contributed by atoms with E-state index in [1.165, 1.54) is 0 Å². The van der Waals surface area contributed by atoms with Gasteiger partial charge in [-0.1, -0.05) is 25.1 Å². The van der Waals surface area contributed by atoms with Crippen molar-refractivity contribution in [3.8, 4) is 0 Å². The molecule has 1 aromatic heterocycles. The van der Waals surface area contributed by atoms with Gasteiger partial charge in [-0.15, -0.1) is 23.1 Å². The van der Waals surface area contributed by atoms with Crippen molar-refractivity contribution >= 4 is 29.0 Å². The van der Waals surface area contributed by atoms with E-state index < -0.39 is 6.10 Å². The number of amides is 1. The Kier molecular flexibility index (Phi) is 6.53. The number of carbonyl (C=O) groups excluding carboxylic acids is 1. The van der Waals surface area contributed by atoms with E-state index in [0.717, 1.165) is 34.2 Å². The van der Waals surface area contributed by atoms with E-state index in [4.69, 9.17) is 0 Å². The van der Waals surface area contributed by atoms with Gasteiger partial charge in [0.1, 0.15) is 6.10 Å². The zero-order chi connectivity index (χ0) is 17.6. The van der Waals surface area contributed by atoms with Gasteiger partial charge in [0.05, 0.1) is 5.56 Å². The average Bonchev–Trinajstić information content (AvgIpc) is 3.17. The fraction of sp³-hybridized carbons (Fsp3) is 0.421. The maximum Gasteiger partial charge on any atom is 0.255 e. The van der Waals surface area contributed by atoms with Gasteiger partial charge >= 0.3 is 0 Å². The first-order valence-corrected chi connectivity index (χ1v) is 10.5. The molecule has 4 nitrogen and oxygen atoms in total. The smallest absolute Gasteiger partial charge is 0.255 e. The largest absolute Gasteiger partial charge is 0.386 e. The lowest BCUT2D eigenvalue weighted by atomic mass is 10.1. The zero-order valence-corrected chi connectivity index (χ0v) is 16.1. The van der Waals surface area contributed by atoms with Crippen LogP contribution < -0.4 is 0 Å². The molecular formula is C19H24N2O2S2. The van der Waals surface area contributed by atoms with Crippen molar-refractivity contribution in [1.82, 2.24) is 9.80 Å². The Bertz CT molecular complexity index is 682. The fourth-order valence-corrected chi connectivity index (χ4v) is 4.54. The molecule has 0 aliphatic carbocycles. The van der Waals surface area contributed by atoms with E-state index in [-0.39, 0.29) is 5.91 Å². The minimum absolute atomic E-state index is 0.120. The van der Waals surface area contributed by atoms with Crippen molar-refractivity contribution in [1.29, 1.82) is 0 Å². The quantitative estimate of drug-likeness (QED) is 0.785. The summed E-state index contributed by atoms with van der Waals surface area (Å²) in [7, 11) is 0. The molecule has 3 rings (SSSR count). The SMILES string of the molecule is CCSc1ccccc1C(=O)N1CCN(C[C@@H](O)c2cccs2)CC1. The number of thioether (sulfide) groups is 1. The van der Waals surface area contributed by atoms with Crippen LogP contribution in [0.3, 0.4) is 0 Å². The fourth-order valence-electron chi connectivity index (χ4n) is 3.04. The van der Waals surface area contributed by atoms with Gasteiger partial charge in [0, 0.05) is 42.5 Å². The zero-order valence-electron chi connectivity index (χ0n) is 14.4. The maximum absolute atomic E-state index is 12.9. The van der Waals surface area contributed by atoms with Gasteiger partial charge in [-0.2, -0.15) is 0 Å². The normalized spacial score (nSPS) is 16.8. The predicted molar refractivity (Wildman–Crippen MR) is 104 cm³/mol. The number of aliphatic hydroxyl groups excluding tert-OH is 1. The van der Waals surface area contributed by atoms with Gasteiger partial charge in [-0.05, 0) is 29.3 Å². The Morgan fingerprint density at radius 3 is 2.64 bits per heavy atom. The third-order valence-electron chi connectivity index (χ3n) is 4.38. The van der Waals surface area contributed by atoms with E-state index >= 15 is 0 Å². The molecule has 1 amide bonds. The molecule has 0 saturated carbocycles. The van der Waals surface area contributed by atoms with Gasteiger partial charge in [-0.25, -0.2) is 0 Å². The van der Waals surface area contributed by atoms with Crippen LogP contribution in [0, 0.1) is 0 Å². The molecule has 1 fully saturated rings. The lowest BCUT2D eigenvalue weighted by Crippen LogP contribution is -2.49. The van der Waals surface area contributed by atoms with Crippen LogP contribution in [0.4, 0.5) is 0 Å². The number of hydrogen-bond donors (Lipinski definition) is 1. The molecule has 1 saturated heterocycles. The Balaban J connectivity index is 1.56. The van der Waals surface area contributed by atoms with Crippen molar-refractivity contribution in [2.24, 2.45) is 0 Å². The van der Waals surface area contributed by atoms with Crippen molar-refractivity contribution in [2.45, 2.75) is 17.9 Å². The molecule has 134 valence electrons. The lowest BCUT2D eigenvalue weighted by Gasteiger charge is -2.35. The summed E-state index contributed by atoms with van der Waals surface area (Å²) in [5.74, 6) is 1.08. The third kappa shape index (κ3) is 4.64. The first kappa shape index (κ1) is 18.5. The highest BCUT2D eigenvalue weighted by Gasteiger charge is 2.25. The van der Waals surface area contributed by atoms with Gasteiger partial charge in [0.15, 0.2) is 0 Å². The summed E-state index contributed by atoms with van der Waals surface area (Å²) in [6.45, 7) is 5.76. The number of β-amino-alcohol motifs (C(OH)–C–C–N with tert-alkyl or cyclic N) is 1. The maximum atomic E-state index is 12.9. The monoisotopic (exact) mass is 376 g/mol. The third-order valence-corrected chi connectivity index (χ3v) is 6.31. The lowest BCUT2D eigenvalue weighted by molar-refractivity contribution is 0.0530. The Labute approximate surface area is 157 Å². The Morgan fingerprint density at radius 2 is 1.96 bits per heavy atom. The van der Waals surface area contributed by atoms with Crippen LogP contribution in [-0.4, -0.2) is 59.3 Å². The van der Waals surface area contributed by atoms with Crippen LogP contribution in [0.1, 0.15) is 28.3 Å². The molecule has 25 heavy (non-hydrogen) atoms. The van der Waals surface area contributed by atoms with E-state index in [0.29, 0.717) is 19.6 Å². The van der Waals surface area contributed by atoms with Gasteiger partial charge in [-0.3, -0.25) is 9.69 Å². The number of benzene rings is 1. The van der Waals surface area contributed by atoms with E-state index in [2.05, 4.69) is 11.8 Å². The molecule has 0 bridgehead atoms. The number of hydrogen-bond acceptors (Lipinski definition) is 5. The minimum atomic E-state index is -0.441. The topological polar surface area (TPSA) is 43.8 Å². The number of carbonyl (C=O) groups is 1. The average molecular weight is 377 g/mol. The summed E-state index contributed by atoms with van der Waals surface area (Å²) in [5.41, 5.74) is 0.807. The molecule has 2 aromatic rings. The first-order chi connectivity index (χ1) is 12.2. The standard InChI is InChI=1S/C19H24N2O2S2/c1-2-24-17-7-4-3-6-15(17)19(23)21-11-9-20(10-12-21)14-16(22)18-8-5-13-25-18/h3-8,13,16,22H,2,9-12,14H2,1H3/t16-/m1/s1. The molecule has 6 heteroatoms. The van der Waals surface area contributed by atoms with E-state index in [9.17, 15) is 9.90 Å². The van der Waals surface area contributed by atoms with Crippen LogP contribution in [0.2, 0.25) is 0 Å². The molecule has 1 aliphatic heterocycles. The molecule has 0 spiro atoms. The molecular weight excluding hydrogens is 352 g/mol. The molecule has 1 N–H and O–H groups in total. The van der Waals surface area contributed by atoms with Gasteiger partial charge in [0.25, 0.3) is 5.91 Å².